The fourth-order valence-electron chi connectivity index (χ4n) is 4.19. The normalized spacial score (nSPS) is 33.6. The number of carbonyl (C=O) groups is 3. The number of rotatable bonds is 9. The van der Waals surface area contributed by atoms with E-state index in [1.54, 1.807) is 0 Å². The zero-order valence-corrected chi connectivity index (χ0v) is 19.1. The lowest BCUT2D eigenvalue weighted by molar-refractivity contribution is -0.425. The van der Waals surface area contributed by atoms with Crippen molar-refractivity contribution in [2.75, 3.05) is 19.8 Å². The number of hydrogen-bond donors (Lipinski definition) is 10. The number of carbonyl (C=O) groups excluding carboxylic acids is 3. The zero-order valence-electron chi connectivity index (χ0n) is 19.1. The van der Waals surface area contributed by atoms with Crippen molar-refractivity contribution in [3.8, 4) is 0 Å². The predicted molar refractivity (Wildman–Crippen MR) is 114 cm³/mol. The summed E-state index contributed by atoms with van der Waals surface area (Å²) in [5.74, 6) is -0.782. The first-order chi connectivity index (χ1) is 16.6. The highest BCUT2D eigenvalue weighted by molar-refractivity contribution is 5.93. The molecule has 35 heavy (non-hydrogen) atoms. The van der Waals surface area contributed by atoms with Crippen LogP contribution in [0.25, 0.3) is 0 Å². The number of nitrogens with two attached hydrogens (primary N) is 1. The van der Waals surface area contributed by atoms with Gasteiger partial charge in [0.2, 0.25) is 11.8 Å². The molecule has 2 fully saturated rings. The SMILES string of the molecule is NC(=O)O[C@H]1[C@@H](CO)O[C@@H](NC2=NC3C(N2)C(=O)NCN3O)C(NC(=O)CC([NH3+])CCC[NH3+])[C@@H]1O. The molecule has 198 valence electrons. The van der Waals surface area contributed by atoms with Gasteiger partial charge in [-0.25, -0.2) is 9.79 Å². The van der Waals surface area contributed by atoms with Crippen molar-refractivity contribution in [3.05, 3.63) is 0 Å². The predicted octanol–water partition coefficient (Wildman–Crippen LogP) is -6.94. The monoisotopic (exact) mass is 505 g/mol. The minimum absolute atomic E-state index is 0.0454. The molecule has 3 heterocycles. The Balaban J connectivity index is 1.77. The number of fused-ring (bicyclic) bond motifs is 1. The van der Waals surface area contributed by atoms with Gasteiger partial charge >= 0.3 is 6.09 Å². The van der Waals surface area contributed by atoms with Gasteiger partial charge in [0.25, 0.3) is 0 Å². The van der Waals surface area contributed by atoms with E-state index in [-0.39, 0.29) is 31.0 Å². The number of quaternary nitrogens is 2. The summed E-state index contributed by atoms with van der Waals surface area (Å²) in [5.41, 5.74) is 12.8. The lowest BCUT2D eigenvalue weighted by atomic mass is 9.95. The maximum absolute atomic E-state index is 12.7. The number of aliphatic hydroxyl groups is 2. The van der Waals surface area contributed by atoms with Crippen LogP contribution in [-0.4, -0.2) is 113 Å². The topological polar surface area (TPSA) is 275 Å². The van der Waals surface area contributed by atoms with Gasteiger partial charge in [0.15, 0.2) is 24.5 Å². The van der Waals surface area contributed by atoms with E-state index >= 15 is 0 Å². The van der Waals surface area contributed by atoms with E-state index in [1.807, 2.05) is 0 Å². The first-order valence-electron chi connectivity index (χ1n) is 11.3. The second kappa shape index (κ2) is 11.8. The standard InChI is InChI=1S/C18H33N9O8/c19-3-1-2-7(20)4-9(29)23-10-12(30)13(35-17(21)32)8(5-28)34-16(10)26-18-24-11-14(25-18)27(33)6-22-15(11)31/h7-8,10-14,16,28,30,33H,1-6,19-20H2,(H2,21,32)(H,22,31)(H,23,29)(H2,24,25,26)/p+2/t7?,8-,10?,11?,12+,13+,14?,16-/m1/s1. The maximum atomic E-state index is 12.7. The molecule has 0 saturated carbocycles. The molecule has 0 aromatic rings. The van der Waals surface area contributed by atoms with E-state index in [9.17, 15) is 29.8 Å². The highest BCUT2D eigenvalue weighted by Gasteiger charge is 2.49. The number of nitrogens with zero attached hydrogens (tertiary/aromatic N) is 2. The summed E-state index contributed by atoms with van der Waals surface area (Å²) in [6, 6.07) is -2.26. The molecular formula is C18H35N9O8+2. The molecule has 17 heteroatoms. The number of hydrogen-bond acceptors (Lipinski definition) is 12. The van der Waals surface area contributed by atoms with Crippen LogP contribution in [0.4, 0.5) is 4.79 Å². The van der Waals surface area contributed by atoms with E-state index in [1.165, 1.54) is 0 Å². The van der Waals surface area contributed by atoms with Gasteiger partial charge in [0.05, 0.1) is 32.3 Å². The van der Waals surface area contributed by atoms with Crippen LogP contribution >= 0.6 is 0 Å². The van der Waals surface area contributed by atoms with E-state index < -0.39 is 61.4 Å². The summed E-state index contributed by atoms with van der Waals surface area (Å²) >= 11 is 0. The van der Waals surface area contributed by atoms with Gasteiger partial charge < -0.3 is 63.4 Å². The van der Waals surface area contributed by atoms with Crippen molar-refractivity contribution < 1.29 is 50.7 Å². The second-order valence-corrected chi connectivity index (χ2v) is 8.63. The van der Waals surface area contributed by atoms with Crippen LogP contribution in [0.5, 0.6) is 0 Å². The van der Waals surface area contributed by atoms with E-state index in [0.29, 0.717) is 13.0 Å². The Morgan fingerprint density at radius 1 is 1.43 bits per heavy atom. The lowest BCUT2D eigenvalue weighted by Crippen LogP contribution is -2.70. The highest BCUT2D eigenvalue weighted by Crippen LogP contribution is 2.24. The first kappa shape index (κ1) is 26.8. The summed E-state index contributed by atoms with van der Waals surface area (Å²) in [6.45, 7) is -0.0451. The average molecular weight is 506 g/mol. The van der Waals surface area contributed by atoms with E-state index in [4.69, 9.17) is 15.2 Å². The molecule has 0 bridgehead atoms. The number of aliphatic hydroxyl groups excluding tert-OH is 2. The Kier molecular flexibility index (Phi) is 9.00. The van der Waals surface area contributed by atoms with Crippen LogP contribution in [0, 0.1) is 0 Å². The molecule has 0 radical (unpaired) electrons. The number of nitrogens with one attached hydrogen (secondary N) is 4. The van der Waals surface area contributed by atoms with Crippen LogP contribution in [0.3, 0.4) is 0 Å². The Labute approximate surface area is 200 Å². The molecule has 3 rings (SSSR count). The Morgan fingerprint density at radius 2 is 2.17 bits per heavy atom. The Hall–Kier alpha value is -2.80. The quantitative estimate of drug-likeness (QED) is 0.140. The van der Waals surface area contributed by atoms with Gasteiger partial charge in [0.1, 0.15) is 24.3 Å². The smallest absolute Gasteiger partial charge is 0.404 e. The van der Waals surface area contributed by atoms with Crippen LogP contribution in [0.2, 0.25) is 0 Å². The molecule has 0 spiro atoms. The molecule has 0 aromatic carbocycles. The van der Waals surface area contributed by atoms with Gasteiger partial charge in [-0.1, -0.05) is 0 Å². The fourth-order valence-corrected chi connectivity index (χ4v) is 4.19. The van der Waals surface area contributed by atoms with Gasteiger partial charge in [-0.3, -0.25) is 9.59 Å². The largest absolute Gasteiger partial charge is 0.441 e. The molecule has 0 aromatic heterocycles. The number of amides is 3. The number of ether oxygens (including phenoxy) is 2. The number of guanidine groups is 1. The number of aliphatic imine (C=N–C) groups is 1. The van der Waals surface area contributed by atoms with Crippen LogP contribution in [0.15, 0.2) is 4.99 Å². The summed E-state index contributed by atoms with van der Waals surface area (Å²) in [4.78, 5) is 40.4. The zero-order chi connectivity index (χ0) is 25.7. The summed E-state index contributed by atoms with van der Waals surface area (Å²) < 4.78 is 10.7. The van der Waals surface area contributed by atoms with Gasteiger partial charge in [-0.2, -0.15) is 0 Å². The third-order valence-electron chi connectivity index (χ3n) is 5.95. The molecule has 3 amide bonds. The molecule has 8 atom stereocenters. The minimum Gasteiger partial charge on any atom is -0.441 e. The molecule has 4 unspecified atom stereocenters. The summed E-state index contributed by atoms with van der Waals surface area (Å²) in [5, 5.41) is 42.3. The molecule has 2 saturated heterocycles. The van der Waals surface area contributed by atoms with Crippen LogP contribution in [-0.2, 0) is 19.1 Å². The van der Waals surface area contributed by atoms with Crippen molar-refractivity contribution in [2.24, 2.45) is 10.7 Å². The van der Waals surface area contributed by atoms with Crippen molar-refractivity contribution in [1.29, 1.82) is 0 Å². The summed E-state index contributed by atoms with van der Waals surface area (Å²) in [6.07, 6.45) is -5.83. The number of hydroxylamine groups is 2. The van der Waals surface area contributed by atoms with Crippen molar-refractivity contribution in [3.63, 3.8) is 0 Å². The van der Waals surface area contributed by atoms with Crippen LogP contribution < -0.4 is 38.5 Å². The maximum Gasteiger partial charge on any atom is 0.404 e. The summed E-state index contributed by atoms with van der Waals surface area (Å²) in [7, 11) is 0. The van der Waals surface area contributed by atoms with Crippen LogP contribution in [0.1, 0.15) is 19.3 Å². The van der Waals surface area contributed by atoms with Gasteiger partial charge in [-0.15, -0.1) is 5.06 Å². The average Bonchev–Trinajstić information content (AvgIpc) is 3.24. The molecule has 3 aliphatic heterocycles. The molecule has 3 aliphatic rings. The Bertz CT molecular complexity index is 817. The first-order valence-corrected chi connectivity index (χ1v) is 11.3. The van der Waals surface area contributed by atoms with Gasteiger partial charge in [-0.05, 0) is 0 Å². The van der Waals surface area contributed by atoms with Gasteiger partial charge in [0, 0.05) is 12.8 Å². The number of primary amides is 1. The third kappa shape index (κ3) is 6.45. The van der Waals surface area contributed by atoms with Crippen molar-refractivity contribution in [1.82, 2.24) is 26.3 Å². The second-order valence-electron chi connectivity index (χ2n) is 8.63. The minimum atomic E-state index is -1.53. The molecule has 17 nitrogen and oxygen atoms in total. The molecular weight excluding hydrogens is 470 g/mol. The van der Waals surface area contributed by atoms with E-state index in [0.717, 1.165) is 11.5 Å². The van der Waals surface area contributed by atoms with Crippen molar-refractivity contribution in [2.45, 2.75) is 68.1 Å². The lowest BCUT2D eigenvalue weighted by Gasteiger charge is -2.44. The Morgan fingerprint density at radius 3 is 2.80 bits per heavy atom. The molecule has 0 aliphatic carbocycles. The van der Waals surface area contributed by atoms with E-state index in [2.05, 4.69) is 37.7 Å². The highest BCUT2D eigenvalue weighted by atomic mass is 16.6. The third-order valence-corrected chi connectivity index (χ3v) is 5.95. The fraction of sp³-hybridized carbons (Fsp3) is 0.778. The van der Waals surface area contributed by atoms with Crippen molar-refractivity contribution >= 4 is 23.9 Å². The molecule has 15 N–H and O–H groups in total.